The fourth-order valence-electron chi connectivity index (χ4n) is 4.39. The number of benzene rings is 1. The van der Waals surface area contributed by atoms with Crippen molar-refractivity contribution in [3.05, 3.63) is 59.4 Å². The van der Waals surface area contributed by atoms with Crippen molar-refractivity contribution in [2.45, 2.75) is 19.8 Å². The van der Waals surface area contributed by atoms with Crippen molar-refractivity contribution in [1.29, 1.82) is 5.26 Å². The Morgan fingerprint density at radius 2 is 1.94 bits per heavy atom. The third-order valence-corrected chi connectivity index (χ3v) is 6.13. The van der Waals surface area contributed by atoms with Crippen LogP contribution in [0.5, 0.6) is 5.88 Å². The standard InChI is InChI=1S/C25H28N6O2/c1-17-12-19(13-26)4-6-21(17)22-15-28-31(25(22)33)23-7-5-20(14-27-23)24(32)30-10-8-18(9-11-30)16-29(2)3/h4-7,12,14-15,18,33H,8-11,16H2,1-3H3. The highest BCUT2D eigenvalue weighted by molar-refractivity contribution is 5.94. The maximum Gasteiger partial charge on any atom is 0.255 e. The number of hydrogen-bond donors (Lipinski definition) is 1. The monoisotopic (exact) mass is 444 g/mol. The van der Waals surface area contributed by atoms with Gasteiger partial charge >= 0.3 is 0 Å². The van der Waals surface area contributed by atoms with Crippen molar-refractivity contribution in [3.63, 3.8) is 0 Å². The average molecular weight is 445 g/mol. The van der Waals surface area contributed by atoms with Gasteiger partial charge in [0.05, 0.1) is 29.0 Å². The van der Waals surface area contributed by atoms with E-state index in [1.54, 1.807) is 36.5 Å². The Bertz CT molecular complexity index is 1180. The Kier molecular flexibility index (Phi) is 6.43. The number of piperidine rings is 1. The summed E-state index contributed by atoms with van der Waals surface area (Å²) >= 11 is 0. The highest BCUT2D eigenvalue weighted by Crippen LogP contribution is 2.33. The summed E-state index contributed by atoms with van der Waals surface area (Å²) in [6.45, 7) is 4.45. The first-order valence-corrected chi connectivity index (χ1v) is 11.1. The molecule has 1 aliphatic heterocycles. The summed E-state index contributed by atoms with van der Waals surface area (Å²) in [5.74, 6) is 0.987. The van der Waals surface area contributed by atoms with Crippen LogP contribution in [-0.4, -0.2) is 69.3 Å². The highest BCUT2D eigenvalue weighted by Gasteiger charge is 2.24. The Labute approximate surface area is 193 Å². The van der Waals surface area contributed by atoms with Crippen molar-refractivity contribution in [2.75, 3.05) is 33.7 Å². The van der Waals surface area contributed by atoms with Gasteiger partial charge in [0.25, 0.3) is 5.91 Å². The van der Waals surface area contributed by atoms with Crippen LogP contribution in [0, 0.1) is 24.2 Å². The molecule has 170 valence electrons. The lowest BCUT2D eigenvalue weighted by molar-refractivity contribution is 0.0677. The molecule has 0 bridgehead atoms. The maximum absolute atomic E-state index is 12.9. The normalized spacial score (nSPS) is 14.5. The highest BCUT2D eigenvalue weighted by atomic mass is 16.3. The van der Waals surface area contributed by atoms with Gasteiger partial charge in [-0.15, -0.1) is 0 Å². The zero-order chi connectivity index (χ0) is 23.5. The van der Waals surface area contributed by atoms with Crippen LogP contribution in [0.1, 0.15) is 34.3 Å². The second-order valence-electron chi connectivity index (χ2n) is 8.84. The minimum Gasteiger partial charge on any atom is -0.493 e. The van der Waals surface area contributed by atoms with Gasteiger partial charge in [-0.25, -0.2) is 4.98 Å². The van der Waals surface area contributed by atoms with E-state index < -0.39 is 0 Å². The Morgan fingerprint density at radius 1 is 1.18 bits per heavy atom. The first-order chi connectivity index (χ1) is 15.9. The van der Waals surface area contributed by atoms with E-state index in [0.29, 0.717) is 28.4 Å². The molecule has 1 N–H and O–H groups in total. The van der Waals surface area contributed by atoms with Crippen LogP contribution in [-0.2, 0) is 0 Å². The van der Waals surface area contributed by atoms with Crippen molar-refractivity contribution < 1.29 is 9.90 Å². The molecule has 0 saturated carbocycles. The number of pyridine rings is 1. The number of rotatable bonds is 5. The molecule has 2 aromatic heterocycles. The Balaban J connectivity index is 1.48. The topological polar surface area (TPSA) is 98.3 Å². The van der Waals surface area contributed by atoms with E-state index in [1.807, 2.05) is 11.8 Å². The van der Waals surface area contributed by atoms with Crippen LogP contribution in [0.15, 0.2) is 42.7 Å². The van der Waals surface area contributed by atoms with E-state index in [4.69, 9.17) is 5.26 Å². The fourth-order valence-corrected chi connectivity index (χ4v) is 4.39. The number of hydrogen-bond acceptors (Lipinski definition) is 6. The summed E-state index contributed by atoms with van der Waals surface area (Å²) in [5.41, 5.74) is 3.31. The third kappa shape index (κ3) is 4.73. The van der Waals surface area contributed by atoms with Crippen molar-refractivity contribution in [2.24, 2.45) is 5.92 Å². The van der Waals surface area contributed by atoms with E-state index in [1.165, 1.54) is 10.9 Å². The van der Waals surface area contributed by atoms with Crippen molar-refractivity contribution >= 4 is 5.91 Å². The van der Waals surface area contributed by atoms with Crippen LogP contribution in [0.3, 0.4) is 0 Å². The van der Waals surface area contributed by atoms with E-state index in [-0.39, 0.29) is 11.8 Å². The first kappa shape index (κ1) is 22.5. The zero-order valence-corrected chi connectivity index (χ0v) is 19.2. The lowest BCUT2D eigenvalue weighted by Gasteiger charge is -2.33. The number of likely N-dealkylation sites (tertiary alicyclic amines) is 1. The minimum atomic E-state index is -0.0441. The fraction of sp³-hybridized carbons (Fsp3) is 0.360. The Hall–Kier alpha value is -3.70. The number of nitriles is 1. The van der Waals surface area contributed by atoms with Gasteiger partial charge in [-0.3, -0.25) is 4.79 Å². The predicted molar refractivity (Wildman–Crippen MR) is 125 cm³/mol. The first-order valence-electron chi connectivity index (χ1n) is 11.1. The van der Waals surface area contributed by atoms with E-state index in [0.717, 1.165) is 43.6 Å². The van der Waals surface area contributed by atoms with Gasteiger partial charge in [-0.2, -0.15) is 15.0 Å². The van der Waals surface area contributed by atoms with Gasteiger partial charge < -0.3 is 14.9 Å². The molecule has 0 unspecified atom stereocenters. The molecule has 1 aliphatic rings. The van der Waals surface area contributed by atoms with Crippen LogP contribution in [0.25, 0.3) is 16.9 Å². The summed E-state index contributed by atoms with van der Waals surface area (Å²) < 4.78 is 1.34. The smallest absolute Gasteiger partial charge is 0.255 e. The van der Waals surface area contributed by atoms with Gasteiger partial charge in [0.15, 0.2) is 5.82 Å². The van der Waals surface area contributed by atoms with Gasteiger partial charge in [-0.05, 0) is 75.2 Å². The summed E-state index contributed by atoms with van der Waals surface area (Å²) in [5, 5.41) is 24.1. The van der Waals surface area contributed by atoms with Gasteiger partial charge in [0.1, 0.15) is 0 Å². The minimum absolute atomic E-state index is 0.0177. The largest absolute Gasteiger partial charge is 0.493 e. The second kappa shape index (κ2) is 9.43. The van der Waals surface area contributed by atoms with E-state index in [9.17, 15) is 9.90 Å². The van der Waals surface area contributed by atoms with Crippen LogP contribution in [0.4, 0.5) is 0 Å². The number of nitrogens with zero attached hydrogens (tertiary/aromatic N) is 6. The predicted octanol–water partition coefficient (Wildman–Crippen LogP) is 3.23. The summed E-state index contributed by atoms with van der Waals surface area (Å²) in [6.07, 6.45) is 5.13. The molecule has 1 saturated heterocycles. The van der Waals surface area contributed by atoms with E-state index in [2.05, 4.69) is 35.1 Å². The number of carbonyl (C=O) groups is 1. The molecule has 33 heavy (non-hydrogen) atoms. The zero-order valence-electron chi connectivity index (χ0n) is 19.2. The quantitative estimate of drug-likeness (QED) is 0.649. The maximum atomic E-state index is 12.9. The number of aromatic nitrogens is 3. The lowest BCUT2D eigenvalue weighted by atomic mass is 9.96. The molecule has 0 spiro atoms. The molecule has 0 radical (unpaired) electrons. The summed E-state index contributed by atoms with van der Waals surface area (Å²) in [6, 6.07) is 10.8. The molecule has 3 aromatic rings. The van der Waals surface area contributed by atoms with Crippen molar-refractivity contribution in [3.8, 4) is 28.9 Å². The van der Waals surface area contributed by atoms with Crippen molar-refractivity contribution in [1.82, 2.24) is 24.6 Å². The molecule has 0 atom stereocenters. The molecule has 0 aliphatic carbocycles. The summed E-state index contributed by atoms with van der Waals surface area (Å²) in [4.78, 5) is 21.4. The Morgan fingerprint density at radius 3 is 2.55 bits per heavy atom. The number of amides is 1. The molecule has 4 rings (SSSR count). The third-order valence-electron chi connectivity index (χ3n) is 6.13. The molecule has 8 heteroatoms. The van der Waals surface area contributed by atoms with Gasteiger partial charge in [0, 0.05) is 25.8 Å². The molecular formula is C25H28N6O2. The van der Waals surface area contributed by atoms with Crippen LogP contribution in [0.2, 0.25) is 0 Å². The molecule has 1 fully saturated rings. The van der Waals surface area contributed by atoms with Crippen LogP contribution < -0.4 is 0 Å². The number of aromatic hydroxyl groups is 1. The number of carbonyl (C=O) groups excluding carboxylic acids is 1. The summed E-state index contributed by atoms with van der Waals surface area (Å²) in [7, 11) is 4.16. The van der Waals surface area contributed by atoms with E-state index >= 15 is 0 Å². The molecule has 1 aromatic carbocycles. The second-order valence-corrected chi connectivity index (χ2v) is 8.84. The van der Waals surface area contributed by atoms with Crippen LogP contribution >= 0.6 is 0 Å². The molecule has 8 nitrogen and oxygen atoms in total. The van der Waals surface area contributed by atoms with Gasteiger partial charge in [-0.1, -0.05) is 6.07 Å². The molecular weight excluding hydrogens is 416 g/mol. The molecule has 1 amide bonds. The van der Waals surface area contributed by atoms with Gasteiger partial charge in [0.2, 0.25) is 5.88 Å². The average Bonchev–Trinajstić information content (AvgIpc) is 3.19. The number of aryl methyl sites for hydroxylation is 1. The molecule has 3 heterocycles. The lowest BCUT2D eigenvalue weighted by Crippen LogP contribution is -2.40. The SMILES string of the molecule is Cc1cc(C#N)ccc1-c1cnn(-c2ccc(C(=O)N3CCC(CN(C)C)CC3)cn2)c1O.